The van der Waals surface area contributed by atoms with E-state index >= 15 is 0 Å². The fraction of sp³-hybridized carbons (Fsp3) is 0.458. The van der Waals surface area contributed by atoms with Gasteiger partial charge in [-0.2, -0.15) is 13.2 Å². The van der Waals surface area contributed by atoms with Crippen molar-refractivity contribution in [1.29, 1.82) is 0 Å². The maximum absolute atomic E-state index is 13.6. The first-order valence-corrected chi connectivity index (χ1v) is 13.7. The molecule has 4 N–H and O–H groups in total. The van der Waals surface area contributed by atoms with Crippen LogP contribution in [0.15, 0.2) is 29.3 Å². The lowest BCUT2D eigenvalue weighted by Crippen LogP contribution is -2.57. The molecule has 2 aromatic rings. The van der Waals surface area contributed by atoms with Crippen LogP contribution in [0.5, 0.6) is 5.75 Å². The van der Waals surface area contributed by atoms with E-state index in [9.17, 15) is 49.1 Å². The van der Waals surface area contributed by atoms with Crippen LogP contribution >= 0.6 is 0 Å². The van der Waals surface area contributed by atoms with E-state index < -0.39 is 73.8 Å². The standard InChI is InChI=1S/C24H27F6N5O6S/c1-23(2,24(28,29)30)33-21(37)22(38)35-7-6-12(9-35)11-41-18-16(42(31,39)40)10-34(3)17(18)20(36)32-13-4-5-15(25)14(8-13)19(26)27/h4-5,8,10,12,19H,6-7,9,11H2,1-3H3,(H,32,36)(H,33,37)(H2,31,39,40)/t12-/m1/s1. The Labute approximate surface area is 236 Å². The molecule has 18 heteroatoms. The number of hydrogen-bond acceptors (Lipinski definition) is 6. The summed E-state index contributed by atoms with van der Waals surface area (Å²) in [6.07, 6.45) is -6.80. The van der Waals surface area contributed by atoms with Crippen LogP contribution in [-0.4, -0.2) is 67.0 Å². The number of amides is 3. The number of alkyl halides is 5. The molecule has 1 aliphatic heterocycles. The molecule has 0 bridgehead atoms. The summed E-state index contributed by atoms with van der Waals surface area (Å²) in [5.41, 5.74) is -4.25. The number of sulfonamides is 1. The molecule has 232 valence electrons. The highest BCUT2D eigenvalue weighted by molar-refractivity contribution is 7.89. The molecule has 1 aliphatic rings. The van der Waals surface area contributed by atoms with Gasteiger partial charge in [-0.05, 0) is 38.5 Å². The van der Waals surface area contributed by atoms with Crippen LogP contribution < -0.4 is 20.5 Å². The lowest BCUT2D eigenvalue weighted by atomic mass is 10.1. The first kappa shape index (κ1) is 32.7. The zero-order valence-electron chi connectivity index (χ0n) is 22.4. The molecule has 3 rings (SSSR count). The molecule has 1 fully saturated rings. The topological polar surface area (TPSA) is 153 Å². The number of primary sulfonamides is 1. The normalized spacial score (nSPS) is 16.1. The molecular weight excluding hydrogens is 600 g/mol. The Morgan fingerprint density at radius 1 is 1.19 bits per heavy atom. The highest BCUT2D eigenvalue weighted by Gasteiger charge is 2.49. The molecule has 0 saturated carbocycles. The van der Waals surface area contributed by atoms with Gasteiger partial charge in [-0.25, -0.2) is 26.7 Å². The minimum Gasteiger partial charge on any atom is -0.489 e. The number of anilines is 1. The number of aromatic nitrogens is 1. The Kier molecular flexibility index (Phi) is 9.21. The molecule has 1 aromatic carbocycles. The van der Waals surface area contributed by atoms with Crippen LogP contribution in [0.4, 0.5) is 32.0 Å². The molecule has 1 atom stereocenters. The predicted octanol–water partition coefficient (Wildman–Crippen LogP) is 2.69. The van der Waals surface area contributed by atoms with E-state index in [1.807, 2.05) is 0 Å². The van der Waals surface area contributed by atoms with Gasteiger partial charge >= 0.3 is 18.0 Å². The van der Waals surface area contributed by atoms with Crippen molar-refractivity contribution in [2.45, 2.75) is 43.3 Å². The van der Waals surface area contributed by atoms with E-state index in [1.54, 1.807) is 5.32 Å². The summed E-state index contributed by atoms with van der Waals surface area (Å²) < 4.78 is 110. The number of carbonyl (C=O) groups is 3. The van der Waals surface area contributed by atoms with Crippen molar-refractivity contribution < 1.29 is 53.9 Å². The lowest BCUT2D eigenvalue weighted by Gasteiger charge is -2.29. The first-order chi connectivity index (χ1) is 19.2. The number of hydrogen-bond donors (Lipinski definition) is 3. The SMILES string of the molecule is Cn1cc(S(N)(=O)=O)c(OC[C@@H]2CCN(C(=O)C(=O)NC(C)(C)C(F)(F)F)C2)c1C(=O)Nc1ccc(F)c(C(F)F)c1. The number of aryl methyl sites for hydroxylation is 1. The summed E-state index contributed by atoms with van der Waals surface area (Å²) in [7, 11) is -3.18. The molecule has 42 heavy (non-hydrogen) atoms. The van der Waals surface area contributed by atoms with Gasteiger partial charge in [-0.3, -0.25) is 14.4 Å². The van der Waals surface area contributed by atoms with E-state index in [0.717, 1.165) is 21.7 Å². The van der Waals surface area contributed by atoms with E-state index in [1.165, 1.54) is 7.05 Å². The predicted molar refractivity (Wildman–Crippen MR) is 135 cm³/mol. The number of nitrogens with zero attached hydrogens (tertiary/aromatic N) is 2. The average molecular weight is 628 g/mol. The number of likely N-dealkylation sites (tertiary alicyclic amines) is 1. The van der Waals surface area contributed by atoms with E-state index in [4.69, 9.17) is 9.88 Å². The Morgan fingerprint density at radius 3 is 2.40 bits per heavy atom. The smallest absolute Gasteiger partial charge is 0.410 e. The summed E-state index contributed by atoms with van der Waals surface area (Å²) >= 11 is 0. The molecule has 0 unspecified atom stereocenters. The van der Waals surface area contributed by atoms with Gasteiger partial charge in [0, 0.05) is 37.9 Å². The number of benzene rings is 1. The lowest BCUT2D eigenvalue weighted by molar-refractivity contribution is -0.189. The third kappa shape index (κ3) is 7.15. The Bertz CT molecular complexity index is 1490. The van der Waals surface area contributed by atoms with Gasteiger partial charge in [0.05, 0.1) is 12.2 Å². The van der Waals surface area contributed by atoms with Crippen molar-refractivity contribution in [2.75, 3.05) is 25.0 Å². The number of carbonyl (C=O) groups excluding carboxylic acids is 3. The van der Waals surface area contributed by atoms with Gasteiger partial charge in [0.25, 0.3) is 12.3 Å². The van der Waals surface area contributed by atoms with Crippen LogP contribution in [-0.2, 0) is 26.7 Å². The van der Waals surface area contributed by atoms with Gasteiger partial charge in [-0.15, -0.1) is 0 Å². The molecule has 0 spiro atoms. The quantitative estimate of drug-likeness (QED) is 0.302. The van der Waals surface area contributed by atoms with Crippen LogP contribution in [0.3, 0.4) is 0 Å². The van der Waals surface area contributed by atoms with E-state index in [-0.39, 0.29) is 37.5 Å². The van der Waals surface area contributed by atoms with Crippen molar-refractivity contribution in [3.05, 3.63) is 41.5 Å². The zero-order chi connectivity index (χ0) is 31.8. The van der Waals surface area contributed by atoms with Gasteiger partial charge in [0.1, 0.15) is 16.3 Å². The van der Waals surface area contributed by atoms with Crippen LogP contribution in [0, 0.1) is 11.7 Å². The van der Waals surface area contributed by atoms with Crippen molar-refractivity contribution >= 4 is 33.4 Å². The van der Waals surface area contributed by atoms with Gasteiger partial charge in [0.2, 0.25) is 10.0 Å². The minimum absolute atomic E-state index is 0.0199. The summed E-state index contributed by atoms with van der Waals surface area (Å²) in [5.74, 6) is -5.92. The van der Waals surface area contributed by atoms with Crippen molar-refractivity contribution in [3.63, 3.8) is 0 Å². The number of ether oxygens (including phenoxy) is 1. The van der Waals surface area contributed by atoms with Crippen molar-refractivity contribution in [2.24, 2.45) is 18.1 Å². The van der Waals surface area contributed by atoms with Crippen LogP contribution in [0.1, 0.15) is 42.7 Å². The van der Waals surface area contributed by atoms with Gasteiger partial charge in [-0.1, -0.05) is 0 Å². The monoisotopic (exact) mass is 627 g/mol. The Hall–Kier alpha value is -3.80. The molecule has 1 aromatic heterocycles. The van der Waals surface area contributed by atoms with Crippen LogP contribution in [0.2, 0.25) is 0 Å². The second-order valence-corrected chi connectivity index (χ2v) is 11.6. The van der Waals surface area contributed by atoms with E-state index in [2.05, 4.69) is 5.32 Å². The highest BCUT2D eigenvalue weighted by Crippen LogP contribution is 2.33. The van der Waals surface area contributed by atoms with Crippen molar-refractivity contribution in [3.8, 4) is 5.75 Å². The maximum Gasteiger partial charge on any atom is 0.410 e. The maximum atomic E-state index is 13.6. The summed E-state index contributed by atoms with van der Waals surface area (Å²) in [4.78, 5) is 38.1. The third-order valence-electron chi connectivity index (χ3n) is 6.48. The molecule has 2 heterocycles. The fourth-order valence-corrected chi connectivity index (χ4v) is 4.79. The van der Waals surface area contributed by atoms with Crippen molar-refractivity contribution in [1.82, 2.24) is 14.8 Å². The number of nitrogens with one attached hydrogen (secondary N) is 2. The Morgan fingerprint density at radius 2 is 1.83 bits per heavy atom. The first-order valence-electron chi connectivity index (χ1n) is 12.1. The van der Waals surface area contributed by atoms with Gasteiger partial charge < -0.3 is 24.8 Å². The molecule has 3 amide bonds. The minimum atomic E-state index is -4.81. The fourth-order valence-electron chi connectivity index (χ4n) is 4.07. The largest absolute Gasteiger partial charge is 0.489 e. The number of rotatable bonds is 8. The number of halogens is 6. The molecular formula is C24H27F6N5O6S. The average Bonchev–Trinajstić information content (AvgIpc) is 3.46. The number of nitrogens with two attached hydrogens (primary N) is 1. The summed E-state index contributed by atoms with van der Waals surface area (Å²) in [6, 6.07) is 2.43. The highest BCUT2D eigenvalue weighted by atomic mass is 32.2. The van der Waals surface area contributed by atoms with E-state index in [0.29, 0.717) is 26.0 Å². The molecule has 0 radical (unpaired) electrons. The zero-order valence-corrected chi connectivity index (χ0v) is 23.2. The Balaban J connectivity index is 1.76. The second-order valence-electron chi connectivity index (χ2n) is 10.1. The van der Waals surface area contributed by atoms with Crippen LogP contribution in [0.25, 0.3) is 0 Å². The molecule has 11 nitrogen and oxygen atoms in total. The second kappa shape index (κ2) is 11.8. The third-order valence-corrected chi connectivity index (χ3v) is 7.38. The molecule has 0 aliphatic carbocycles. The summed E-state index contributed by atoms with van der Waals surface area (Å²) in [6.45, 7) is 0.933. The summed E-state index contributed by atoms with van der Waals surface area (Å²) in [5, 5.41) is 9.18. The van der Waals surface area contributed by atoms with Gasteiger partial charge in [0.15, 0.2) is 11.4 Å². The molecule has 1 saturated heterocycles.